The minimum absolute atomic E-state index is 0.194. The number of rotatable bonds is 6. The topological polar surface area (TPSA) is 24.7 Å². The molecule has 0 fully saturated rings. The Labute approximate surface area is 214 Å². The molecule has 2 aromatic rings. The van der Waals surface area contributed by atoms with Crippen molar-refractivity contribution in [1.82, 2.24) is 0 Å². The van der Waals surface area contributed by atoms with E-state index in [9.17, 15) is 0 Å². The third-order valence-electron chi connectivity index (χ3n) is 5.43. The number of aryl methyl sites for hydroxylation is 6. The Hall–Kier alpha value is -0.771. The van der Waals surface area contributed by atoms with Crippen LogP contribution in [0.2, 0.25) is 0 Å². The second-order valence-electron chi connectivity index (χ2n) is 8.47. The van der Waals surface area contributed by atoms with Crippen molar-refractivity contribution in [3.05, 3.63) is 57.6 Å². The molecule has 178 valence electrons. The monoisotopic (exact) mass is 534 g/mol. The second kappa shape index (κ2) is 13.8. The van der Waals surface area contributed by atoms with E-state index in [4.69, 9.17) is 30.2 Å². The molecule has 0 saturated carbocycles. The Kier molecular flexibility index (Phi) is 12.6. The fraction of sp³-hybridized carbons (Fsp3) is 0.462. The molecule has 2 atom stereocenters. The van der Waals surface area contributed by atoms with Gasteiger partial charge in [0.25, 0.3) is 0 Å². The standard InChI is InChI=1S/C26H36N2S.2ClH.Fe/c1-15-11-17(3)25(18(4)12-15)27-21(7)23(9)29-24(10)22(8)28-26-19(5)13-16(2)14-20(26)6;;;/h11-14,23-24H,1-10H3;2*1H;/q;;;+2/p-2. The van der Waals surface area contributed by atoms with Crippen molar-refractivity contribution in [1.29, 1.82) is 0 Å². The number of thioether (sulfide) groups is 1. The van der Waals surface area contributed by atoms with Crippen LogP contribution in [0.3, 0.4) is 0 Å². The summed E-state index contributed by atoms with van der Waals surface area (Å²) in [6.07, 6.45) is 0. The van der Waals surface area contributed by atoms with Gasteiger partial charge in [-0.05, 0) is 91.5 Å². The number of nitrogens with zero attached hydrogens (tertiary/aromatic N) is 2. The van der Waals surface area contributed by atoms with Crippen LogP contribution < -0.4 is 0 Å². The Morgan fingerprint density at radius 2 is 0.938 bits per heavy atom. The van der Waals surface area contributed by atoms with Gasteiger partial charge in [-0.3, -0.25) is 9.98 Å². The summed E-state index contributed by atoms with van der Waals surface area (Å²) in [5.41, 5.74) is 12.1. The van der Waals surface area contributed by atoms with Crippen molar-refractivity contribution in [3.63, 3.8) is 0 Å². The Balaban J connectivity index is 0.00000161. The summed E-state index contributed by atoms with van der Waals surface area (Å²) in [6, 6.07) is 8.84. The summed E-state index contributed by atoms with van der Waals surface area (Å²) in [7, 11) is 9.53. The fourth-order valence-corrected chi connectivity index (χ4v) is 4.85. The van der Waals surface area contributed by atoms with Crippen LogP contribution in [-0.2, 0) is 13.1 Å². The van der Waals surface area contributed by atoms with E-state index in [1.807, 2.05) is 11.8 Å². The molecule has 0 spiro atoms. The van der Waals surface area contributed by atoms with Crippen molar-refractivity contribution in [2.45, 2.75) is 79.7 Å². The molecule has 2 unspecified atom stereocenters. The van der Waals surface area contributed by atoms with Crippen molar-refractivity contribution in [2.75, 3.05) is 0 Å². The Bertz CT molecular complexity index is 862. The van der Waals surface area contributed by atoms with E-state index in [0.29, 0.717) is 10.5 Å². The minimum atomic E-state index is 0.194. The molecular weight excluding hydrogens is 499 g/mol. The number of hydrogen-bond acceptors (Lipinski definition) is 3. The molecule has 6 heteroatoms. The molecule has 2 nitrogen and oxygen atoms in total. The zero-order valence-electron chi connectivity index (χ0n) is 20.9. The fourth-order valence-electron chi connectivity index (χ4n) is 3.74. The summed E-state index contributed by atoms with van der Waals surface area (Å²) in [6.45, 7) is 21.6. The molecular formula is C26H36Cl2FeN2S. The molecule has 0 N–H and O–H groups in total. The maximum absolute atomic E-state index is 4.99. The quantitative estimate of drug-likeness (QED) is 0.267. The van der Waals surface area contributed by atoms with Crippen LogP contribution in [0.15, 0.2) is 34.3 Å². The molecule has 0 heterocycles. The number of halogens is 2. The van der Waals surface area contributed by atoms with E-state index in [-0.39, 0.29) is 13.1 Å². The van der Waals surface area contributed by atoms with E-state index in [1.54, 1.807) is 0 Å². The summed E-state index contributed by atoms with van der Waals surface area (Å²) in [5.74, 6) is 0. The third-order valence-corrected chi connectivity index (χ3v) is 6.93. The predicted octanol–water partition coefficient (Wildman–Crippen LogP) is 9.31. The second-order valence-corrected chi connectivity index (χ2v) is 12.0. The van der Waals surface area contributed by atoms with Crippen LogP contribution >= 0.6 is 32.0 Å². The summed E-state index contributed by atoms with van der Waals surface area (Å²) >= 11 is 2.12. The van der Waals surface area contributed by atoms with Crippen molar-refractivity contribution < 1.29 is 13.1 Å². The summed E-state index contributed by atoms with van der Waals surface area (Å²) in [5, 5.41) is 0.658. The molecule has 0 aliphatic carbocycles. The first kappa shape index (κ1) is 29.3. The maximum atomic E-state index is 4.99. The van der Waals surface area contributed by atoms with E-state index < -0.39 is 0 Å². The molecule has 0 aromatic heterocycles. The van der Waals surface area contributed by atoms with Crippen LogP contribution in [0.1, 0.15) is 61.1 Å². The first-order valence-corrected chi connectivity index (χ1v) is 14.7. The zero-order valence-corrected chi connectivity index (χ0v) is 24.3. The van der Waals surface area contributed by atoms with Crippen molar-refractivity contribution in [3.8, 4) is 0 Å². The van der Waals surface area contributed by atoms with Gasteiger partial charge >= 0.3 is 33.3 Å². The number of hydrogen-bond donors (Lipinski definition) is 0. The first-order chi connectivity index (χ1) is 14.9. The molecule has 0 radical (unpaired) electrons. The molecule has 0 aliphatic heterocycles. The first-order valence-electron chi connectivity index (χ1n) is 10.7. The molecule has 32 heavy (non-hydrogen) atoms. The van der Waals surface area contributed by atoms with E-state index in [2.05, 4.69) is 93.5 Å². The molecule has 2 aromatic carbocycles. The molecule has 2 rings (SSSR count). The Morgan fingerprint density at radius 3 is 1.19 bits per heavy atom. The van der Waals surface area contributed by atoms with Gasteiger partial charge in [0.15, 0.2) is 0 Å². The van der Waals surface area contributed by atoms with Crippen molar-refractivity contribution in [2.24, 2.45) is 9.98 Å². The van der Waals surface area contributed by atoms with Gasteiger partial charge in [-0.1, -0.05) is 35.4 Å². The zero-order chi connectivity index (χ0) is 24.6. The number of aliphatic imine (C=N–C) groups is 2. The third kappa shape index (κ3) is 8.88. The van der Waals surface area contributed by atoms with Gasteiger partial charge in [0, 0.05) is 21.9 Å². The summed E-state index contributed by atoms with van der Waals surface area (Å²) < 4.78 is 0. The van der Waals surface area contributed by atoms with Gasteiger partial charge in [0.05, 0.1) is 11.4 Å². The van der Waals surface area contributed by atoms with E-state index in [1.165, 1.54) is 33.4 Å². The summed E-state index contributed by atoms with van der Waals surface area (Å²) in [4.78, 5) is 9.98. The van der Waals surface area contributed by atoms with E-state index >= 15 is 0 Å². The van der Waals surface area contributed by atoms with Crippen LogP contribution in [0.25, 0.3) is 0 Å². The van der Waals surface area contributed by atoms with Crippen molar-refractivity contribution >= 4 is 54.8 Å². The van der Waals surface area contributed by atoms with Crippen LogP contribution in [-0.4, -0.2) is 21.9 Å². The van der Waals surface area contributed by atoms with Gasteiger partial charge in [-0.2, -0.15) is 0 Å². The SMILES string of the molecule is CC(=Nc1c(C)cc(C)cc1C)C(C)SC(C)C(C)=Nc1c(C)cc(C)cc1C.[Cl][Fe][Cl]. The van der Waals surface area contributed by atoms with Gasteiger partial charge in [-0.15, -0.1) is 11.8 Å². The normalized spacial score (nSPS) is 14.1. The van der Waals surface area contributed by atoms with Gasteiger partial charge in [0.1, 0.15) is 0 Å². The molecule has 0 amide bonds. The average molecular weight is 535 g/mol. The molecule has 0 saturated heterocycles. The van der Waals surface area contributed by atoms with Gasteiger partial charge in [0.2, 0.25) is 0 Å². The number of benzene rings is 2. The Morgan fingerprint density at radius 1 is 0.688 bits per heavy atom. The van der Waals surface area contributed by atoms with E-state index in [0.717, 1.165) is 22.8 Å². The predicted molar refractivity (Wildman–Crippen MR) is 145 cm³/mol. The molecule has 0 aliphatic rings. The van der Waals surface area contributed by atoms with Gasteiger partial charge < -0.3 is 0 Å². The van der Waals surface area contributed by atoms with Crippen LogP contribution in [0, 0.1) is 41.5 Å². The van der Waals surface area contributed by atoms with Crippen LogP contribution in [0.5, 0.6) is 0 Å². The van der Waals surface area contributed by atoms with Gasteiger partial charge in [-0.25, -0.2) is 0 Å². The average Bonchev–Trinajstić information content (AvgIpc) is 2.67. The van der Waals surface area contributed by atoms with Crippen LogP contribution in [0.4, 0.5) is 11.4 Å². The molecule has 0 bridgehead atoms.